The molecule has 1 atom stereocenters. The first-order chi connectivity index (χ1) is 13.3. The van der Waals surface area contributed by atoms with Crippen molar-refractivity contribution in [3.63, 3.8) is 0 Å². The van der Waals surface area contributed by atoms with Crippen molar-refractivity contribution < 1.29 is 0 Å². The van der Waals surface area contributed by atoms with Gasteiger partial charge in [0.2, 0.25) is 0 Å². The number of piperidine rings is 1. The summed E-state index contributed by atoms with van der Waals surface area (Å²) >= 11 is 0. The number of likely N-dealkylation sites (tertiary alicyclic amines) is 1. The van der Waals surface area contributed by atoms with E-state index in [1.54, 1.807) is 6.33 Å². The predicted octanol–water partition coefficient (Wildman–Crippen LogP) is 3.52. The van der Waals surface area contributed by atoms with Crippen LogP contribution in [-0.2, 0) is 11.9 Å². The van der Waals surface area contributed by atoms with Crippen molar-refractivity contribution in [2.45, 2.75) is 58.3 Å². The third-order valence-corrected chi connectivity index (χ3v) is 5.73. The largest absolute Gasteiger partial charge is 0.298 e. The summed E-state index contributed by atoms with van der Waals surface area (Å²) in [5, 5.41) is 4.08. The molecular formula is C22H28BN5. The summed E-state index contributed by atoms with van der Waals surface area (Å²) in [6, 6.07) is 8.88. The Morgan fingerprint density at radius 3 is 2.82 bits per heavy atom. The molecule has 2 aromatic heterocycles. The SMILES string of the molecule is [B]C(C)(C)c1cc(CN2CCCC(c3cc(C)nc4ncnn34)C2)ccc1C. The van der Waals surface area contributed by atoms with Gasteiger partial charge in [0.05, 0.1) is 13.5 Å². The molecule has 0 N–H and O–H groups in total. The summed E-state index contributed by atoms with van der Waals surface area (Å²) < 4.78 is 1.90. The van der Waals surface area contributed by atoms with Crippen LogP contribution >= 0.6 is 0 Å². The van der Waals surface area contributed by atoms with Gasteiger partial charge in [0.15, 0.2) is 0 Å². The highest BCUT2D eigenvalue weighted by atomic mass is 15.3. The van der Waals surface area contributed by atoms with Gasteiger partial charge in [0.1, 0.15) is 6.33 Å². The highest BCUT2D eigenvalue weighted by Crippen LogP contribution is 2.29. The van der Waals surface area contributed by atoms with Crippen molar-refractivity contribution in [1.82, 2.24) is 24.5 Å². The number of hydrogen-bond donors (Lipinski definition) is 0. The summed E-state index contributed by atoms with van der Waals surface area (Å²) in [5.41, 5.74) is 6.04. The van der Waals surface area contributed by atoms with Crippen LogP contribution in [0, 0.1) is 13.8 Å². The molecule has 5 nitrogen and oxygen atoms in total. The Hall–Kier alpha value is -2.21. The van der Waals surface area contributed by atoms with E-state index in [0.29, 0.717) is 11.7 Å². The van der Waals surface area contributed by atoms with Gasteiger partial charge in [-0.15, -0.1) is 0 Å². The maximum Gasteiger partial charge on any atom is 0.252 e. The molecule has 1 aliphatic rings. The monoisotopic (exact) mass is 373 g/mol. The number of rotatable bonds is 4. The number of nitrogens with zero attached hydrogens (tertiary/aromatic N) is 5. The number of aromatic nitrogens is 4. The molecule has 3 aromatic rings. The van der Waals surface area contributed by atoms with Crippen LogP contribution < -0.4 is 0 Å². The Morgan fingerprint density at radius 2 is 2.04 bits per heavy atom. The fourth-order valence-corrected chi connectivity index (χ4v) is 4.41. The van der Waals surface area contributed by atoms with Crippen molar-refractivity contribution in [3.05, 3.63) is 58.7 Å². The lowest BCUT2D eigenvalue weighted by Gasteiger charge is -2.33. The van der Waals surface area contributed by atoms with Crippen LogP contribution in [0.4, 0.5) is 0 Å². The first-order valence-corrected chi connectivity index (χ1v) is 10.1. The van der Waals surface area contributed by atoms with E-state index in [-0.39, 0.29) is 5.31 Å². The molecule has 0 amide bonds. The Balaban J connectivity index is 1.56. The van der Waals surface area contributed by atoms with Crippen molar-refractivity contribution in [2.75, 3.05) is 13.1 Å². The highest BCUT2D eigenvalue weighted by Gasteiger charge is 2.25. The maximum atomic E-state index is 6.38. The molecule has 0 saturated carbocycles. The van der Waals surface area contributed by atoms with E-state index < -0.39 is 0 Å². The molecular weight excluding hydrogens is 345 g/mol. The molecule has 0 bridgehead atoms. The molecule has 1 fully saturated rings. The second kappa shape index (κ2) is 7.32. The van der Waals surface area contributed by atoms with Crippen LogP contribution in [0.3, 0.4) is 0 Å². The number of hydrogen-bond acceptors (Lipinski definition) is 4. The quantitative estimate of drug-likeness (QED) is 0.657. The Morgan fingerprint density at radius 1 is 1.21 bits per heavy atom. The lowest BCUT2D eigenvalue weighted by atomic mass is 9.66. The standard InChI is InChI=1S/C22H28BN5/c1-15-7-8-17(11-19(15)22(3,4)23)12-27-9-5-6-18(13-27)20-10-16(2)26-21-24-14-25-28(20)21/h7-8,10-11,14,18H,5-6,9,12-13H2,1-4H3. The zero-order valence-electron chi connectivity index (χ0n) is 17.3. The third-order valence-electron chi connectivity index (χ3n) is 5.73. The molecule has 6 heteroatoms. The van der Waals surface area contributed by atoms with Crippen LogP contribution in [0.15, 0.2) is 30.6 Å². The van der Waals surface area contributed by atoms with Crippen molar-refractivity contribution in [3.8, 4) is 0 Å². The van der Waals surface area contributed by atoms with Crippen LogP contribution in [0.1, 0.15) is 60.7 Å². The second-order valence-corrected chi connectivity index (χ2v) is 8.74. The van der Waals surface area contributed by atoms with E-state index >= 15 is 0 Å². The van der Waals surface area contributed by atoms with E-state index in [1.807, 2.05) is 11.4 Å². The van der Waals surface area contributed by atoms with E-state index in [4.69, 9.17) is 7.85 Å². The first-order valence-electron chi connectivity index (χ1n) is 10.1. The number of benzene rings is 1. The lowest BCUT2D eigenvalue weighted by molar-refractivity contribution is 0.197. The summed E-state index contributed by atoms with van der Waals surface area (Å²) in [4.78, 5) is 11.3. The minimum Gasteiger partial charge on any atom is -0.298 e. The van der Waals surface area contributed by atoms with Crippen LogP contribution in [0.2, 0.25) is 0 Å². The Labute approximate surface area is 168 Å². The highest BCUT2D eigenvalue weighted by molar-refractivity contribution is 6.15. The van der Waals surface area contributed by atoms with Crippen LogP contribution in [0.5, 0.6) is 0 Å². The fraction of sp³-hybridized carbons (Fsp3) is 0.500. The first kappa shape index (κ1) is 19.1. The Kier molecular flexibility index (Phi) is 5.00. The van der Waals surface area contributed by atoms with E-state index in [1.165, 1.54) is 35.2 Å². The van der Waals surface area contributed by atoms with Gasteiger partial charge in [-0.05, 0) is 61.3 Å². The topological polar surface area (TPSA) is 46.3 Å². The molecule has 0 aliphatic carbocycles. The molecule has 1 aromatic carbocycles. The summed E-state index contributed by atoms with van der Waals surface area (Å²) in [6.45, 7) is 11.4. The van der Waals surface area contributed by atoms with Crippen LogP contribution in [-0.4, -0.2) is 45.4 Å². The van der Waals surface area contributed by atoms with Gasteiger partial charge < -0.3 is 0 Å². The van der Waals surface area contributed by atoms with Crippen molar-refractivity contribution in [2.24, 2.45) is 0 Å². The van der Waals surface area contributed by atoms with E-state index in [0.717, 1.165) is 25.3 Å². The molecule has 28 heavy (non-hydrogen) atoms. The molecule has 1 aliphatic heterocycles. The fourth-order valence-electron chi connectivity index (χ4n) is 4.41. The summed E-state index contributed by atoms with van der Waals surface area (Å²) in [5.74, 6) is 1.14. The van der Waals surface area contributed by atoms with Gasteiger partial charge >= 0.3 is 0 Å². The maximum absolute atomic E-state index is 6.38. The molecule has 1 saturated heterocycles. The van der Waals surface area contributed by atoms with E-state index in [9.17, 15) is 0 Å². The van der Waals surface area contributed by atoms with Crippen molar-refractivity contribution >= 4 is 13.6 Å². The molecule has 4 rings (SSSR count). The summed E-state index contributed by atoms with van der Waals surface area (Å²) in [7, 11) is 6.38. The van der Waals surface area contributed by atoms with E-state index in [2.05, 4.69) is 65.0 Å². The number of fused-ring (bicyclic) bond motifs is 1. The van der Waals surface area contributed by atoms with Gasteiger partial charge in [-0.2, -0.15) is 10.1 Å². The average molecular weight is 373 g/mol. The summed E-state index contributed by atoms with van der Waals surface area (Å²) in [6.07, 6.45) is 3.95. The third kappa shape index (κ3) is 3.83. The lowest BCUT2D eigenvalue weighted by Crippen LogP contribution is -2.34. The van der Waals surface area contributed by atoms with Gasteiger partial charge in [-0.1, -0.05) is 32.0 Å². The van der Waals surface area contributed by atoms with Gasteiger partial charge in [-0.25, -0.2) is 9.50 Å². The predicted molar refractivity (Wildman–Crippen MR) is 113 cm³/mol. The van der Waals surface area contributed by atoms with Gasteiger partial charge in [0.25, 0.3) is 5.78 Å². The van der Waals surface area contributed by atoms with Crippen molar-refractivity contribution in [1.29, 1.82) is 0 Å². The van der Waals surface area contributed by atoms with Crippen LogP contribution in [0.25, 0.3) is 5.78 Å². The second-order valence-electron chi connectivity index (χ2n) is 8.74. The average Bonchev–Trinajstić information content (AvgIpc) is 3.10. The number of aryl methyl sites for hydroxylation is 2. The smallest absolute Gasteiger partial charge is 0.252 e. The Bertz CT molecular complexity index is 988. The molecule has 0 spiro atoms. The zero-order valence-corrected chi connectivity index (χ0v) is 17.3. The molecule has 3 heterocycles. The molecule has 1 unspecified atom stereocenters. The minimum atomic E-state index is -0.322. The minimum absolute atomic E-state index is 0.322. The molecule has 2 radical (unpaired) electrons. The van der Waals surface area contributed by atoms with Gasteiger partial charge in [-0.3, -0.25) is 4.90 Å². The normalized spacial score (nSPS) is 18.6. The zero-order chi connectivity index (χ0) is 19.9. The van der Waals surface area contributed by atoms with Gasteiger partial charge in [0, 0.05) is 24.7 Å². The molecule has 144 valence electrons.